The van der Waals surface area contributed by atoms with Gasteiger partial charge in [0.05, 0.1) is 5.75 Å². The van der Waals surface area contributed by atoms with Gasteiger partial charge in [-0.05, 0) is 26.2 Å². The van der Waals surface area contributed by atoms with Crippen LogP contribution in [0.4, 0.5) is 0 Å². The first-order valence-electron chi connectivity index (χ1n) is 7.15. The van der Waals surface area contributed by atoms with Gasteiger partial charge < -0.3 is 15.8 Å². The summed E-state index contributed by atoms with van der Waals surface area (Å²) in [6.07, 6.45) is 2.32. The van der Waals surface area contributed by atoms with E-state index in [4.69, 9.17) is 10.5 Å². The average Bonchev–Trinajstić information content (AvgIpc) is 2.73. The number of hydrogen-bond donors (Lipinski definition) is 2. The zero-order valence-corrected chi connectivity index (χ0v) is 13.0. The smallest absolute Gasteiger partial charge is 0.214 e. The zero-order chi connectivity index (χ0) is 14.8. The summed E-state index contributed by atoms with van der Waals surface area (Å²) in [5.74, 6) is 0.690. The minimum atomic E-state index is -2.98. The number of rotatable bonds is 9. The van der Waals surface area contributed by atoms with E-state index in [1.807, 2.05) is 6.92 Å². The van der Waals surface area contributed by atoms with Gasteiger partial charge in [0.2, 0.25) is 10.0 Å². The Morgan fingerprint density at radius 2 is 2.25 bits per heavy atom. The Morgan fingerprint density at radius 1 is 1.45 bits per heavy atom. The lowest BCUT2D eigenvalue weighted by Gasteiger charge is -2.14. The number of nitrogens with zero attached hydrogens (tertiary/aromatic N) is 2. The molecule has 3 N–H and O–H groups in total. The second-order valence-corrected chi connectivity index (χ2v) is 6.75. The van der Waals surface area contributed by atoms with E-state index in [2.05, 4.69) is 10.3 Å². The van der Waals surface area contributed by atoms with Crippen LogP contribution < -0.4 is 11.1 Å². The van der Waals surface area contributed by atoms with Crippen molar-refractivity contribution in [2.45, 2.75) is 26.2 Å². The second kappa shape index (κ2) is 9.15. The van der Waals surface area contributed by atoms with Crippen LogP contribution in [0.3, 0.4) is 0 Å². The molecule has 0 saturated carbocycles. The highest BCUT2D eigenvalue weighted by Crippen LogP contribution is 2.12. The van der Waals surface area contributed by atoms with Crippen molar-refractivity contribution in [3.8, 4) is 0 Å². The summed E-state index contributed by atoms with van der Waals surface area (Å²) in [7, 11) is -2.98. The number of sulfonamides is 1. The molecule has 0 bridgehead atoms. The van der Waals surface area contributed by atoms with Crippen molar-refractivity contribution in [1.29, 1.82) is 0 Å². The van der Waals surface area contributed by atoms with Crippen molar-refractivity contribution in [3.63, 3.8) is 0 Å². The third-order valence-corrected chi connectivity index (χ3v) is 4.98. The molecule has 1 aliphatic heterocycles. The number of hydrogen-bond acceptors (Lipinski definition) is 4. The largest absolute Gasteiger partial charge is 0.382 e. The fourth-order valence-corrected chi connectivity index (χ4v) is 3.55. The van der Waals surface area contributed by atoms with Gasteiger partial charge in [-0.25, -0.2) is 12.7 Å². The normalized spacial score (nSPS) is 19.4. The molecule has 0 unspecified atom stereocenters. The van der Waals surface area contributed by atoms with Gasteiger partial charge in [0.1, 0.15) is 0 Å². The quantitative estimate of drug-likeness (QED) is 0.348. The van der Waals surface area contributed by atoms with Crippen molar-refractivity contribution in [2.24, 2.45) is 10.7 Å². The fourth-order valence-electron chi connectivity index (χ4n) is 1.98. The van der Waals surface area contributed by atoms with E-state index in [9.17, 15) is 8.42 Å². The predicted octanol–water partition coefficient (Wildman–Crippen LogP) is -0.257. The van der Waals surface area contributed by atoms with E-state index >= 15 is 0 Å². The Morgan fingerprint density at radius 3 is 2.90 bits per heavy atom. The summed E-state index contributed by atoms with van der Waals surface area (Å²) in [6.45, 7) is 5.83. The molecule has 1 saturated heterocycles. The monoisotopic (exact) mass is 306 g/mol. The first-order chi connectivity index (χ1) is 9.56. The van der Waals surface area contributed by atoms with Crippen LogP contribution in [0.15, 0.2) is 4.99 Å². The molecule has 1 aliphatic rings. The second-order valence-electron chi connectivity index (χ2n) is 4.67. The average molecular weight is 306 g/mol. The Labute approximate surface area is 121 Å². The van der Waals surface area contributed by atoms with Crippen LogP contribution in [0, 0.1) is 0 Å². The maximum atomic E-state index is 11.6. The first-order valence-corrected chi connectivity index (χ1v) is 8.76. The number of guanidine groups is 1. The lowest BCUT2D eigenvalue weighted by atomic mass is 10.4. The van der Waals surface area contributed by atoms with Gasteiger partial charge in [0.25, 0.3) is 0 Å². The summed E-state index contributed by atoms with van der Waals surface area (Å²) in [5.41, 5.74) is 5.70. The van der Waals surface area contributed by atoms with Gasteiger partial charge in [0, 0.05) is 39.4 Å². The standard InChI is InChI=1S/C12H26N4O3S/c1-2-19-10-4-7-15-12(13)14-6-3-8-16-9-5-11-20(16,17)18/h2-11H2,1H3,(H3,13,14,15). The molecule has 118 valence electrons. The third-order valence-electron chi connectivity index (χ3n) is 3.03. The van der Waals surface area contributed by atoms with Crippen LogP contribution in [0.1, 0.15) is 26.2 Å². The highest BCUT2D eigenvalue weighted by Gasteiger charge is 2.27. The topological polar surface area (TPSA) is 97.0 Å². The van der Waals surface area contributed by atoms with E-state index in [1.165, 1.54) is 0 Å². The third kappa shape index (κ3) is 6.53. The van der Waals surface area contributed by atoms with E-state index in [1.54, 1.807) is 4.31 Å². The van der Waals surface area contributed by atoms with Gasteiger partial charge >= 0.3 is 0 Å². The molecule has 0 aromatic heterocycles. The molecule has 0 spiro atoms. The molecule has 0 aliphatic carbocycles. The van der Waals surface area contributed by atoms with Crippen molar-refractivity contribution >= 4 is 16.0 Å². The van der Waals surface area contributed by atoms with E-state index < -0.39 is 10.0 Å². The van der Waals surface area contributed by atoms with Crippen molar-refractivity contribution in [3.05, 3.63) is 0 Å². The minimum absolute atomic E-state index is 0.282. The molecule has 0 amide bonds. The van der Waals surface area contributed by atoms with Gasteiger partial charge in [-0.15, -0.1) is 0 Å². The van der Waals surface area contributed by atoms with Gasteiger partial charge in [-0.2, -0.15) is 0 Å². The van der Waals surface area contributed by atoms with Gasteiger partial charge in [0.15, 0.2) is 5.96 Å². The molecule has 0 radical (unpaired) electrons. The van der Waals surface area contributed by atoms with Gasteiger partial charge in [-0.1, -0.05) is 0 Å². The minimum Gasteiger partial charge on any atom is -0.382 e. The molecule has 0 aromatic rings. The van der Waals surface area contributed by atoms with Crippen LogP contribution in [0.2, 0.25) is 0 Å². The van der Waals surface area contributed by atoms with E-state index in [-0.39, 0.29) is 5.75 Å². The molecule has 0 atom stereocenters. The highest BCUT2D eigenvalue weighted by molar-refractivity contribution is 7.89. The molecule has 20 heavy (non-hydrogen) atoms. The van der Waals surface area contributed by atoms with E-state index in [0.717, 1.165) is 25.9 Å². The molecule has 8 heteroatoms. The number of nitrogens with one attached hydrogen (secondary N) is 1. The number of aliphatic imine (C=N–C) groups is 1. The molecule has 0 aromatic carbocycles. The lowest BCUT2D eigenvalue weighted by molar-refractivity contribution is 0.146. The molecular formula is C12H26N4O3S. The molecule has 1 fully saturated rings. The van der Waals surface area contributed by atoms with Crippen LogP contribution in [-0.4, -0.2) is 63.8 Å². The summed E-state index contributed by atoms with van der Waals surface area (Å²) in [4.78, 5) is 4.17. The summed E-state index contributed by atoms with van der Waals surface area (Å²) < 4.78 is 29.9. The van der Waals surface area contributed by atoms with Gasteiger partial charge in [-0.3, -0.25) is 4.99 Å². The van der Waals surface area contributed by atoms with Crippen LogP contribution >= 0.6 is 0 Å². The number of nitrogens with two attached hydrogens (primary N) is 1. The summed E-state index contributed by atoms with van der Waals surface area (Å²) in [5, 5.41) is 2.99. The number of ether oxygens (including phenoxy) is 1. The van der Waals surface area contributed by atoms with Crippen LogP contribution in [0.5, 0.6) is 0 Å². The van der Waals surface area contributed by atoms with Crippen molar-refractivity contribution in [2.75, 3.05) is 45.1 Å². The molecule has 7 nitrogen and oxygen atoms in total. The van der Waals surface area contributed by atoms with Crippen LogP contribution in [-0.2, 0) is 14.8 Å². The summed E-state index contributed by atoms with van der Waals surface area (Å²) in [6, 6.07) is 0. The maximum Gasteiger partial charge on any atom is 0.214 e. The summed E-state index contributed by atoms with van der Waals surface area (Å²) >= 11 is 0. The Balaban J connectivity index is 2.07. The zero-order valence-electron chi connectivity index (χ0n) is 12.2. The van der Waals surface area contributed by atoms with Crippen LogP contribution in [0.25, 0.3) is 0 Å². The fraction of sp³-hybridized carbons (Fsp3) is 0.917. The maximum absolute atomic E-state index is 11.6. The predicted molar refractivity (Wildman–Crippen MR) is 80.2 cm³/mol. The van der Waals surface area contributed by atoms with Crippen molar-refractivity contribution in [1.82, 2.24) is 9.62 Å². The molecule has 1 rings (SSSR count). The molecule has 1 heterocycles. The lowest BCUT2D eigenvalue weighted by Crippen LogP contribution is -2.35. The molecular weight excluding hydrogens is 280 g/mol. The Kier molecular flexibility index (Phi) is 7.86. The van der Waals surface area contributed by atoms with Crippen molar-refractivity contribution < 1.29 is 13.2 Å². The van der Waals surface area contributed by atoms with E-state index in [0.29, 0.717) is 38.7 Å². The first kappa shape index (κ1) is 17.2. The Bertz CT molecular complexity index is 398. The Hall–Kier alpha value is -0.860. The highest BCUT2D eigenvalue weighted by atomic mass is 32.2. The SMILES string of the molecule is CCOCCCN=C(N)NCCCN1CCCS1(=O)=O.